The van der Waals surface area contributed by atoms with Crippen molar-refractivity contribution in [3.8, 4) is 6.07 Å². The lowest BCUT2D eigenvalue weighted by atomic mass is 9.88. The van der Waals surface area contributed by atoms with Gasteiger partial charge in [0, 0.05) is 19.6 Å². The molecule has 3 nitrogen and oxygen atoms in total. The number of nitrogens with zero attached hydrogens (tertiary/aromatic N) is 2. The molecule has 0 aromatic heterocycles. The molecule has 1 fully saturated rings. The molecule has 6 heteroatoms. The van der Waals surface area contributed by atoms with Crippen LogP contribution in [0.3, 0.4) is 0 Å². The second-order valence-corrected chi connectivity index (χ2v) is 5.42. The molecule has 1 N–H and O–H groups in total. The number of hydrogen-bond acceptors (Lipinski definition) is 3. The SMILES string of the molecule is N#CC1(NCC(F)(F)F)CCN(Cc2ccccc2)CC1. The number of nitriles is 1. The Morgan fingerprint density at radius 3 is 2.33 bits per heavy atom. The molecule has 114 valence electrons. The molecule has 0 aliphatic carbocycles. The maximum atomic E-state index is 12.3. The first-order valence-corrected chi connectivity index (χ1v) is 6.92. The quantitative estimate of drug-likeness (QED) is 0.928. The molecule has 21 heavy (non-hydrogen) atoms. The Labute approximate surface area is 122 Å². The summed E-state index contributed by atoms with van der Waals surface area (Å²) in [7, 11) is 0. The van der Waals surface area contributed by atoms with Gasteiger partial charge in [-0.3, -0.25) is 10.2 Å². The van der Waals surface area contributed by atoms with Gasteiger partial charge in [0.05, 0.1) is 12.6 Å². The Balaban J connectivity index is 1.87. The van der Waals surface area contributed by atoms with Gasteiger partial charge in [0.15, 0.2) is 0 Å². The van der Waals surface area contributed by atoms with Crippen molar-refractivity contribution in [1.29, 1.82) is 5.26 Å². The van der Waals surface area contributed by atoms with Gasteiger partial charge >= 0.3 is 6.18 Å². The van der Waals surface area contributed by atoms with E-state index in [2.05, 4.69) is 10.2 Å². The molecule has 1 aromatic rings. The van der Waals surface area contributed by atoms with Crippen LogP contribution in [0.4, 0.5) is 13.2 Å². The van der Waals surface area contributed by atoms with Crippen molar-refractivity contribution >= 4 is 0 Å². The fourth-order valence-electron chi connectivity index (χ4n) is 2.53. The van der Waals surface area contributed by atoms with Crippen LogP contribution in [0.1, 0.15) is 18.4 Å². The van der Waals surface area contributed by atoms with E-state index in [0.29, 0.717) is 25.9 Å². The van der Waals surface area contributed by atoms with Crippen molar-refractivity contribution < 1.29 is 13.2 Å². The lowest BCUT2D eigenvalue weighted by molar-refractivity contribution is -0.128. The van der Waals surface area contributed by atoms with E-state index in [0.717, 1.165) is 6.54 Å². The van der Waals surface area contributed by atoms with Crippen LogP contribution in [0.15, 0.2) is 30.3 Å². The van der Waals surface area contributed by atoms with Gasteiger partial charge in [-0.1, -0.05) is 30.3 Å². The second-order valence-electron chi connectivity index (χ2n) is 5.42. The van der Waals surface area contributed by atoms with Crippen LogP contribution < -0.4 is 5.32 Å². The average Bonchev–Trinajstić information content (AvgIpc) is 2.47. The van der Waals surface area contributed by atoms with Crippen molar-refractivity contribution in [2.24, 2.45) is 0 Å². The smallest absolute Gasteiger partial charge is 0.299 e. The minimum Gasteiger partial charge on any atom is -0.299 e. The van der Waals surface area contributed by atoms with Crippen LogP contribution in [0.25, 0.3) is 0 Å². The van der Waals surface area contributed by atoms with Crippen molar-refractivity contribution in [1.82, 2.24) is 10.2 Å². The highest BCUT2D eigenvalue weighted by Crippen LogP contribution is 2.24. The van der Waals surface area contributed by atoms with Gasteiger partial charge in [-0.15, -0.1) is 0 Å². The molecule has 1 saturated heterocycles. The molecule has 0 bridgehead atoms. The van der Waals surface area contributed by atoms with Gasteiger partial charge < -0.3 is 0 Å². The van der Waals surface area contributed by atoms with Crippen LogP contribution in [0.2, 0.25) is 0 Å². The lowest BCUT2D eigenvalue weighted by Gasteiger charge is -2.38. The van der Waals surface area contributed by atoms with Crippen molar-refractivity contribution in [2.75, 3.05) is 19.6 Å². The summed E-state index contributed by atoms with van der Waals surface area (Å²) >= 11 is 0. The van der Waals surface area contributed by atoms with Crippen LogP contribution in [0.5, 0.6) is 0 Å². The summed E-state index contributed by atoms with van der Waals surface area (Å²) in [5, 5.41) is 11.6. The Morgan fingerprint density at radius 2 is 1.81 bits per heavy atom. The Hall–Kier alpha value is -1.58. The summed E-state index contributed by atoms with van der Waals surface area (Å²) in [5.74, 6) is 0. The summed E-state index contributed by atoms with van der Waals surface area (Å²) < 4.78 is 36.9. The van der Waals surface area contributed by atoms with E-state index in [-0.39, 0.29) is 0 Å². The number of alkyl halides is 3. The second kappa shape index (κ2) is 6.46. The van der Waals surface area contributed by atoms with Gasteiger partial charge in [-0.2, -0.15) is 18.4 Å². The maximum absolute atomic E-state index is 12.3. The van der Waals surface area contributed by atoms with Crippen LogP contribution in [-0.2, 0) is 6.54 Å². The molecule has 0 spiro atoms. The normalized spacial score (nSPS) is 19.1. The first-order chi connectivity index (χ1) is 9.92. The fourth-order valence-corrected chi connectivity index (χ4v) is 2.53. The van der Waals surface area contributed by atoms with E-state index in [1.165, 1.54) is 5.56 Å². The molecule has 1 aliphatic heterocycles. The predicted molar refractivity (Wildman–Crippen MR) is 73.4 cm³/mol. The molecule has 1 aliphatic rings. The first-order valence-electron chi connectivity index (χ1n) is 6.92. The Morgan fingerprint density at radius 1 is 1.19 bits per heavy atom. The highest BCUT2D eigenvalue weighted by molar-refractivity contribution is 5.15. The van der Waals surface area contributed by atoms with Gasteiger partial charge in [-0.25, -0.2) is 0 Å². The maximum Gasteiger partial charge on any atom is 0.401 e. The van der Waals surface area contributed by atoms with Gasteiger partial charge in [0.1, 0.15) is 5.54 Å². The molecular weight excluding hydrogens is 279 g/mol. The van der Waals surface area contributed by atoms with Crippen LogP contribution in [0, 0.1) is 11.3 Å². The molecular formula is C15H18F3N3. The molecule has 0 atom stereocenters. The highest BCUT2D eigenvalue weighted by atomic mass is 19.4. The number of nitrogens with one attached hydrogen (secondary N) is 1. The van der Waals surface area contributed by atoms with Gasteiger partial charge in [0.25, 0.3) is 0 Å². The summed E-state index contributed by atoms with van der Waals surface area (Å²) in [4.78, 5) is 2.17. The zero-order chi connectivity index (χ0) is 15.3. The largest absolute Gasteiger partial charge is 0.401 e. The molecule has 0 unspecified atom stereocenters. The van der Waals surface area contributed by atoms with Gasteiger partial charge in [-0.05, 0) is 18.4 Å². The number of benzene rings is 1. The first kappa shape index (κ1) is 15.8. The van der Waals surface area contributed by atoms with Crippen LogP contribution in [-0.4, -0.2) is 36.2 Å². The molecule has 2 rings (SSSR count). The minimum absolute atomic E-state index is 0.409. The van der Waals surface area contributed by atoms with Crippen molar-refractivity contribution in [3.63, 3.8) is 0 Å². The van der Waals surface area contributed by atoms with Crippen molar-refractivity contribution in [3.05, 3.63) is 35.9 Å². The van der Waals surface area contributed by atoms with E-state index in [1.807, 2.05) is 36.4 Å². The number of likely N-dealkylation sites (tertiary alicyclic amines) is 1. The van der Waals surface area contributed by atoms with E-state index >= 15 is 0 Å². The average molecular weight is 297 g/mol. The minimum atomic E-state index is -4.29. The molecule has 0 radical (unpaired) electrons. The summed E-state index contributed by atoms with van der Waals surface area (Å²) in [6.07, 6.45) is -3.47. The van der Waals surface area contributed by atoms with E-state index < -0.39 is 18.3 Å². The lowest BCUT2D eigenvalue weighted by Crippen LogP contribution is -2.54. The number of piperidine rings is 1. The van der Waals surface area contributed by atoms with Crippen LogP contribution >= 0.6 is 0 Å². The Kier molecular flexibility index (Phi) is 4.86. The summed E-state index contributed by atoms with van der Waals surface area (Å²) in [5.41, 5.74) is 0.119. The predicted octanol–water partition coefficient (Wildman–Crippen LogP) is 2.70. The molecule has 0 saturated carbocycles. The van der Waals surface area contributed by atoms with E-state index in [9.17, 15) is 18.4 Å². The third kappa shape index (κ3) is 4.73. The fraction of sp³-hybridized carbons (Fsp3) is 0.533. The van der Waals surface area contributed by atoms with Gasteiger partial charge in [0.2, 0.25) is 0 Å². The Bertz CT molecular complexity index is 485. The molecule has 1 heterocycles. The monoisotopic (exact) mass is 297 g/mol. The summed E-state index contributed by atoms with van der Waals surface area (Å²) in [6, 6.07) is 12.0. The standard InChI is InChI=1S/C15H18F3N3/c16-15(17,18)12-20-14(11-19)6-8-21(9-7-14)10-13-4-2-1-3-5-13/h1-5,20H,6-10,12H2. The number of hydrogen-bond donors (Lipinski definition) is 1. The van der Waals surface area contributed by atoms with Crippen molar-refractivity contribution in [2.45, 2.75) is 31.1 Å². The van der Waals surface area contributed by atoms with E-state index in [1.54, 1.807) is 0 Å². The third-order valence-corrected chi connectivity index (χ3v) is 3.80. The molecule has 0 amide bonds. The zero-order valence-corrected chi connectivity index (χ0v) is 11.7. The third-order valence-electron chi connectivity index (χ3n) is 3.80. The molecule has 1 aromatic carbocycles. The highest BCUT2D eigenvalue weighted by Gasteiger charge is 2.38. The number of halogens is 3. The zero-order valence-electron chi connectivity index (χ0n) is 11.7. The summed E-state index contributed by atoms with van der Waals surface area (Å²) in [6.45, 7) is 0.890. The number of rotatable bonds is 4. The van der Waals surface area contributed by atoms with E-state index in [4.69, 9.17) is 0 Å². The topological polar surface area (TPSA) is 39.1 Å².